The first-order valence-corrected chi connectivity index (χ1v) is 7.50. The van der Waals surface area contributed by atoms with Gasteiger partial charge < -0.3 is 10.2 Å². The normalized spacial score (nSPS) is 11.9. The van der Waals surface area contributed by atoms with Crippen molar-refractivity contribution in [3.8, 4) is 17.4 Å². The number of nitrogens with zero attached hydrogens (tertiary/aromatic N) is 1. The van der Waals surface area contributed by atoms with Gasteiger partial charge >= 0.3 is 0 Å². The Morgan fingerprint density at radius 2 is 1.82 bits per heavy atom. The first-order valence-electron chi connectivity index (χ1n) is 5.96. The molecule has 1 aromatic carbocycles. The molecule has 0 spiro atoms. The Labute approximate surface area is 126 Å². The molecule has 7 nitrogen and oxygen atoms in total. The SMILES string of the molecule is N#C/C(=C\c1ccc(-c2ccc(S(N)(=O)=O)cc2)o1)C(N)=O. The van der Waals surface area contributed by atoms with E-state index in [9.17, 15) is 13.2 Å². The molecule has 1 amide bonds. The van der Waals surface area contributed by atoms with Gasteiger partial charge in [-0.1, -0.05) is 0 Å². The topological polar surface area (TPSA) is 140 Å². The van der Waals surface area contributed by atoms with E-state index in [4.69, 9.17) is 20.6 Å². The van der Waals surface area contributed by atoms with Crippen molar-refractivity contribution in [1.82, 2.24) is 0 Å². The van der Waals surface area contributed by atoms with Crippen LogP contribution in [0.3, 0.4) is 0 Å². The highest BCUT2D eigenvalue weighted by atomic mass is 32.2. The summed E-state index contributed by atoms with van der Waals surface area (Å²) in [4.78, 5) is 11.0. The highest BCUT2D eigenvalue weighted by Gasteiger charge is 2.10. The molecule has 8 heteroatoms. The quantitative estimate of drug-likeness (QED) is 0.639. The monoisotopic (exact) mass is 317 g/mol. The summed E-state index contributed by atoms with van der Waals surface area (Å²) >= 11 is 0. The van der Waals surface area contributed by atoms with Crippen molar-refractivity contribution in [3.63, 3.8) is 0 Å². The molecular weight excluding hydrogens is 306 g/mol. The van der Waals surface area contributed by atoms with Gasteiger partial charge in [0, 0.05) is 11.6 Å². The number of benzene rings is 1. The summed E-state index contributed by atoms with van der Waals surface area (Å²) in [5.74, 6) is -0.132. The second-order valence-electron chi connectivity index (χ2n) is 4.31. The van der Waals surface area contributed by atoms with Gasteiger partial charge in [-0.25, -0.2) is 13.6 Å². The average molecular weight is 317 g/mol. The zero-order valence-electron chi connectivity index (χ0n) is 11.2. The highest BCUT2D eigenvalue weighted by molar-refractivity contribution is 7.89. The predicted molar refractivity (Wildman–Crippen MR) is 78.3 cm³/mol. The lowest BCUT2D eigenvalue weighted by molar-refractivity contribution is -0.114. The Balaban J connectivity index is 2.33. The van der Waals surface area contributed by atoms with E-state index in [1.165, 1.54) is 30.3 Å². The van der Waals surface area contributed by atoms with Gasteiger partial charge in [0.05, 0.1) is 4.90 Å². The van der Waals surface area contributed by atoms with Gasteiger partial charge in [-0.3, -0.25) is 4.79 Å². The maximum absolute atomic E-state index is 11.2. The second-order valence-corrected chi connectivity index (χ2v) is 5.87. The van der Waals surface area contributed by atoms with Gasteiger partial charge in [-0.2, -0.15) is 5.26 Å². The number of amides is 1. The van der Waals surface area contributed by atoms with Crippen LogP contribution in [-0.2, 0) is 14.8 Å². The Morgan fingerprint density at radius 3 is 2.32 bits per heavy atom. The Bertz CT molecular complexity index is 887. The van der Waals surface area contributed by atoms with E-state index in [1.54, 1.807) is 18.2 Å². The largest absolute Gasteiger partial charge is 0.457 e. The molecule has 1 aromatic heterocycles. The van der Waals surface area contributed by atoms with Gasteiger partial charge in [0.15, 0.2) is 0 Å². The molecule has 2 rings (SSSR count). The molecule has 0 aliphatic heterocycles. The zero-order valence-corrected chi connectivity index (χ0v) is 12.0. The Morgan fingerprint density at radius 1 is 1.18 bits per heavy atom. The molecule has 0 saturated heterocycles. The first-order chi connectivity index (χ1) is 10.3. The molecule has 0 radical (unpaired) electrons. The highest BCUT2D eigenvalue weighted by Crippen LogP contribution is 2.24. The van der Waals surface area contributed by atoms with E-state index in [0.717, 1.165) is 0 Å². The molecule has 22 heavy (non-hydrogen) atoms. The summed E-state index contributed by atoms with van der Waals surface area (Å²) in [6.07, 6.45) is 1.23. The molecule has 0 aliphatic rings. The molecule has 0 fully saturated rings. The number of hydrogen-bond acceptors (Lipinski definition) is 5. The van der Waals surface area contributed by atoms with E-state index in [1.807, 2.05) is 0 Å². The van der Waals surface area contributed by atoms with Crippen LogP contribution >= 0.6 is 0 Å². The van der Waals surface area contributed by atoms with E-state index in [0.29, 0.717) is 11.3 Å². The van der Waals surface area contributed by atoms with Gasteiger partial charge in [0.1, 0.15) is 23.2 Å². The molecule has 0 saturated carbocycles. The van der Waals surface area contributed by atoms with Crippen molar-refractivity contribution in [2.24, 2.45) is 10.9 Å². The van der Waals surface area contributed by atoms with Crippen LogP contribution in [0.15, 0.2) is 51.3 Å². The van der Waals surface area contributed by atoms with Crippen LogP contribution in [0.25, 0.3) is 17.4 Å². The second kappa shape index (κ2) is 5.85. The molecule has 112 valence electrons. The zero-order chi connectivity index (χ0) is 16.3. The Hall–Kier alpha value is -2.89. The lowest BCUT2D eigenvalue weighted by atomic mass is 10.2. The van der Waals surface area contributed by atoms with Crippen LogP contribution in [0.4, 0.5) is 0 Å². The predicted octanol–water partition coefficient (Wildman–Crippen LogP) is 0.986. The molecule has 0 bridgehead atoms. The summed E-state index contributed by atoms with van der Waals surface area (Å²) in [6, 6.07) is 10.6. The van der Waals surface area contributed by atoms with Crippen molar-refractivity contribution < 1.29 is 17.6 Å². The minimum atomic E-state index is -3.75. The van der Waals surface area contributed by atoms with Crippen molar-refractivity contribution in [3.05, 3.63) is 47.7 Å². The lowest BCUT2D eigenvalue weighted by Gasteiger charge is -2.00. The fraction of sp³-hybridized carbons (Fsp3) is 0. The van der Waals surface area contributed by atoms with Gasteiger partial charge in [0.25, 0.3) is 5.91 Å². The molecule has 2 aromatic rings. The number of nitrogens with two attached hydrogens (primary N) is 2. The van der Waals surface area contributed by atoms with Crippen LogP contribution in [0.1, 0.15) is 5.76 Å². The van der Waals surface area contributed by atoms with E-state index >= 15 is 0 Å². The number of rotatable bonds is 4. The number of nitriles is 1. The third-order valence-electron chi connectivity index (χ3n) is 2.77. The third kappa shape index (κ3) is 3.41. The Kier molecular flexibility index (Phi) is 4.12. The fourth-order valence-electron chi connectivity index (χ4n) is 1.70. The number of carbonyl (C=O) groups is 1. The maximum Gasteiger partial charge on any atom is 0.259 e. The lowest BCUT2D eigenvalue weighted by Crippen LogP contribution is -2.12. The minimum Gasteiger partial charge on any atom is -0.457 e. The summed E-state index contributed by atoms with van der Waals surface area (Å²) in [6.45, 7) is 0. The molecule has 4 N–H and O–H groups in total. The van der Waals surface area contributed by atoms with Crippen LogP contribution < -0.4 is 10.9 Å². The summed E-state index contributed by atoms with van der Waals surface area (Å²) < 4.78 is 27.8. The van der Waals surface area contributed by atoms with E-state index in [-0.39, 0.29) is 16.2 Å². The summed E-state index contributed by atoms with van der Waals surface area (Å²) in [5, 5.41) is 13.8. The van der Waals surface area contributed by atoms with E-state index < -0.39 is 15.9 Å². The number of furan rings is 1. The average Bonchev–Trinajstić information content (AvgIpc) is 2.92. The summed E-state index contributed by atoms with van der Waals surface area (Å²) in [5.41, 5.74) is 5.41. The number of primary amides is 1. The van der Waals surface area contributed by atoms with Crippen LogP contribution in [0, 0.1) is 11.3 Å². The van der Waals surface area contributed by atoms with Crippen molar-refractivity contribution >= 4 is 22.0 Å². The van der Waals surface area contributed by atoms with Crippen LogP contribution in [0.5, 0.6) is 0 Å². The molecular formula is C14H11N3O4S. The third-order valence-corrected chi connectivity index (χ3v) is 3.70. The smallest absolute Gasteiger partial charge is 0.259 e. The fourth-order valence-corrected chi connectivity index (χ4v) is 2.21. The van der Waals surface area contributed by atoms with Crippen LogP contribution in [0.2, 0.25) is 0 Å². The van der Waals surface area contributed by atoms with Crippen LogP contribution in [-0.4, -0.2) is 14.3 Å². The molecule has 0 aliphatic carbocycles. The maximum atomic E-state index is 11.2. The molecule has 0 unspecified atom stereocenters. The molecule has 1 heterocycles. The van der Waals surface area contributed by atoms with Crippen molar-refractivity contribution in [1.29, 1.82) is 5.26 Å². The number of hydrogen-bond donors (Lipinski definition) is 2. The first kappa shape index (κ1) is 15.5. The number of sulfonamides is 1. The van der Waals surface area contributed by atoms with Crippen molar-refractivity contribution in [2.75, 3.05) is 0 Å². The van der Waals surface area contributed by atoms with Gasteiger partial charge in [-0.05, 0) is 36.4 Å². The van der Waals surface area contributed by atoms with Gasteiger partial charge in [-0.15, -0.1) is 0 Å². The standard InChI is InChI=1S/C14H11N3O4S/c15-8-10(14(16)18)7-11-3-6-13(21-11)9-1-4-12(5-2-9)22(17,19)20/h1-7H,(H2,16,18)(H2,17,19,20)/b10-7+. The number of primary sulfonamides is 1. The number of carbonyl (C=O) groups excluding carboxylic acids is 1. The van der Waals surface area contributed by atoms with Gasteiger partial charge in [0.2, 0.25) is 10.0 Å². The minimum absolute atomic E-state index is 0.0107. The summed E-state index contributed by atoms with van der Waals surface area (Å²) in [7, 11) is -3.75. The van der Waals surface area contributed by atoms with E-state index in [2.05, 4.69) is 0 Å². The van der Waals surface area contributed by atoms with Crippen molar-refractivity contribution in [2.45, 2.75) is 4.90 Å². The molecule has 0 atom stereocenters.